The number of aromatic nitrogens is 2. The Kier molecular flexibility index (Phi) is 2.51. The molecule has 2 aromatic heterocycles. The van der Waals surface area contributed by atoms with E-state index in [2.05, 4.69) is 42.9 Å². The van der Waals surface area contributed by atoms with E-state index in [1.165, 1.54) is 10.9 Å². The molecule has 2 aromatic rings. The zero-order valence-corrected chi connectivity index (χ0v) is 9.67. The maximum Gasteiger partial charge on any atom is 0.137 e. The highest BCUT2D eigenvalue weighted by molar-refractivity contribution is 5.75. The summed E-state index contributed by atoms with van der Waals surface area (Å²) in [5, 5.41) is 1.21. The van der Waals surface area contributed by atoms with Gasteiger partial charge in [0.15, 0.2) is 0 Å². The van der Waals surface area contributed by atoms with Crippen LogP contribution in [0.25, 0.3) is 11.0 Å². The summed E-state index contributed by atoms with van der Waals surface area (Å²) >= 11 is 0. The lowest BCUT2D eigenvalue weighted by Crippen LogP contribution is -2.19. The molecule has 2 nitrogen and oxygen atoms in total. The molecule has 0 radical (unpaired) electrons. The van der Waals surface area contributed by atoms with Crippen LogP contribution < -0.4 is 0 Å². The Hall–Kier alpha value is -1.31. The molecule has 2 heterocycles. The van der Waals surface area contributed by atoms with Crippen molar-refractivity contribution >= 4 is 11.0 Å². The van der Waals surface area contributed by atoms with E-state index in [1.54, 1.807) is 0 Å². The molecular weight excluding hydrogens is 184 g/mol. The number of rotatable bonds is 3. The fraction of sp³-hybridized carbons (Fsp3) is 0.462. The van der Waals surface area contributed by atoms with Crippen molar-refractivity contribution < 1.29 is 0 Å². The number of H-pyrrole nitrogens is 1. The van der Waals surface area contributed by atoms with Gasteiger partial charge in [-0.05, 0) is 36.0 Å². The van der Waals surface area contributed by atoms with Gasteiger partial charge in [0.25, 0.3) is 0 Å². The maximum absolute atomic E-state index is 4.45. The second kappa shape index (κ2) is 3.69. The third kappa shape index (κ3) is 1.65. The van der Waals surface area contributed by atoms with Crippen molar-refractivity contribution in [2.45, 2.75) is 39.0 Å². The van der Waals surface area contributed by atoms with Gasteiger partial charge in [-0.3, -0.25) is 0 Å². The predicted octanol–water partition coefficient (Wildman–Crippen LogP) is 3.64. The van der Waals surface area contributed by atoms with E-state index < -0.39 is 0 Å². The van der Waals surface area contributed by atoms with Crippen LogP contribution in [0.2, 0.25) is 0 Å². The molecule has 0 unspecified atom stereocenters. The van der Waals surface area contributed by atoms with Crippen molar-refractivity contribution in [2.75, 3.05) is 0 Å². The Morgan fingerprint density at radius 3 is 2.73 bits per heavy atom. The quantitative estimate of drug-likeness (QED) is 0.808. The Balaban J connectivity index is 2.51. The van der Waals surface area contributed by atoms with Crippen LogP contribution in [0.1, 0.15) is 39.2 Å². The monoisotopic (exact) mass is 202 g/mol. The van der Waals surface area contributed by atoms with Gasteiger partial charge in [-0.2, -0.15) is 0 Å². The molecule has 0 aliphatic rings. The molecule has 2 rings (SSSR count). The lowest BCUT2D eigenvalue weighted by molar-refractivity contribution is 0.438. The summed E-state index contributed by atoms with van der Waals surface area (Å²) in [5.74, 6) is 0. The van der Waals surface area contributed by atoms with E-state index in [0.717, 1.165) is 18.5 Å². The molecule has 0 saturated heterocycles. The van der Waals surface area contributed by atoms with Crippen LogP contribution in [0.5, 0.6) is 0 Å². The number of aromatic amines is 1. The maximum atomic E-state index is 4.45. The Morgan fingerprint density at radius 2 is 2.07 bits per heavy atom. The molecule has 80 valence electrons. The summed E-state index contributed by atoms with van der Waals surface area (Å²) in [5.41, 5.74) is 2.59. The van der Waals surface area contributed by atoms with Gasteiger partial charge in [0, 0.05) is 17.8 Å². The van der Waals surface area contributed by atoms with Crippen molar-refractivity contribution in [3.63, 3.8) is 0 Å². The highest BCUT2D eigenvalue weighted by Crippen LogP contribution is 2.31. The highest BCUT2D eigenvalue weighted by atomic mass is 14.8. The lowest BCUT2D eigenvalue weighted by Gasteiger charge is -2.26. The van der Waals surface area contributed by atoms with Crippen LogP contribution in [0.3, 0.4) is 0 Å². The van der Waals surface area contributed by atoms with Crippen LogP contribution in [0.4, 0.5) is 0 Å². The third-order valence-electron chi connectivity index (χ3n) is 3.66. The number of nitrogens with zero attached hydrogens (tertiary/aromatic N) is 1. The lowest BCUT2D eigenvalue weighted by atomic mass is 9.78. The minimum absolute atomic E-state index is 0.262. The van der Waals surface area contributed by atoms with Crippen LogP contribution in [0, 0.1) is 0 Å². The van der Waals surface area contributed by atoms with Crippen LogP contribution in [0.15, 0.2) is 24.5 Å². The molecule has 0 aliphatic carbocycles. The van der Waals surface area contributed by atoms with Crippen molar-refractivity contribution in [1.29, 1.82) is 0 Å². The molecule has 0 spiro atoms. The van der Waals surface area contributed by atoms with Crippen molar-refractivity contribution in [1.82, 2.24) is 9.97 Å². The molecular formula is C13H18N2. The van der Waals surface area contributed by atoms with E-state index in [9.17, 15) is 0 Å². The van der Waals surface area contributed by atoms with Crippen molar-refractivity contribution in [3.05, 3.63) is 30.1 Å². The van der Waals surface area contributed by atoms with E-state index in [0.29, 0.717) is 0 Å². The summed E-state index contributed by atoms with van der Waals surface area (Å²) in [4.78, 5) is 7.57. The first kappa shape index (κ1) is 10.2. The number of pyridine rings is 1. The number of hydrogen-bond donors (Lipinski definition) is 1. The summed E-state index contributed by atoms with van der Waals surface area (Å²) < 4.78 is 0. The molecule has 0 aliphatic heterocycles. The number of fused-ring (bicyclic) bond motifs is 1. The van der Waals surface area contributed by atoms with Crippen molar-refractivity contribution in [3.8, 4) is 0 Å². The predicted molar refractivity (Wildman–Crippen MR) is 64.0 cm³/mol. The minimum Gasteiger partial charge on any atom is -0.346 e. The zero-order chi connectivity index (χ0) is 10.9. The first-order chi connectivity index (χ1) is 7.19. The van der Waals surface area contributed by atoms with Crippen LogP contribution >= 0.6 is 0 Å². The fourth-order valence-corrected chi connectivity index (χ4v) is 1.93. The second-order valence-corrected chi connectivity index (χ2v) is 4.41. The molecule has 0 saturated carbocycles. The Morgan fingerprint density at radius 1 is 1.33 bits per heavy atom. The molecule has 0 amide bonds. The average Bonchev–Trinajstić information content (AvgIpc) is 2.74. The molecule has 2 heteroatoms. The molecule has 0 fully saturated rings. The largest absolute Gasteiger partial charge is 0.346 e. The zero-order valence-electron chi connectivity index (χ0n) is 9.67. The second-order valence-electron chi connectivity index (χ2n) is 4.41. The Bertz CT molecular complexity index is 452. The van der Waals surface area contributed by atoms with Crippen LogP contribution in [-0.4, -0.2) is 9.97 Å². The Labute approximate surface area is 90.7 Å². The summed E-state index contributed by atoms with van der Waals surface area (Å²) in [6.07, 6.45) is 6.25. The molecule has 15 heavy (non-hydrogen) atoms. The van der Waals surface area contributed by atoms with Gasteiger partial charge in [0.2, 0.25) is 0 Å². The minimum atomic E-state index is 0.262. The van der Waals surface area contributed by atoms with Crippen LogP contribution in [-0.2, 0) is 5.41 Å². The third-order valence-corrected chi connectivity index (χ3v) is 3.66. The number of nitrogens with one attached hydrogen (secondary N) is 1. The molecule has 0 atom stereocenters. The average molecular weight is 202 g/mol. The van der Waals surface area contributed by atoms with Gasteiger partial charge in [-0.15, -0.1) is 0 Å². The van der Waals surface area contributed by atoms with Gasteiger partial charge < -0.3 is 4.98 Å². The smallest absolute Gasteiger partial charge is 0.137 e. The number of hydrogen-bond acceptors (Lipinski definition) is 1. The van der Waals surface area contributed by atoms with Gasteiger partial charge >= 0.3 is 0 Å². The topological polar surface area (TPSA) is 28.7 Å². The van der Waals surface area contributed by atoms with Gasteiger partial charge in [-0.25, -0.2) is 4.98 Å². The van der Waals surface area contributed by atoms with Gasteiger partial charge in [-0.1, -0.05) is 20.8 Å². The summed E-state index contributed by atoms with van der Waals surface area (Å²) in [7, 11) is 0. The SMILES string of the molecule is CCC(C)(CC)c1cnc2[nH]ccc2c1. The van der Waals surface area contributed by atoms with Gasteiger partial charge in [0.1, 0.15) is 5.65 Å². The normalized spacial score (nSPS) is 12.2. The standard InChI is InChI=1S/C13H18N2/c1-4-13(3,5-2)11-8-10-6-7-14-12(10)15-9-11/h6-9H,4-5H2,1-3H3,(H,14,15). The fourth-order valence-electron chi connectivity index (χ4n) is 1.93. The molecule has 1 N–H and O–H groups in total. The highest BCUT2D eigenvalue weighted by Gasteiger charge is 2.22. The first-order valence-electron chi connectivity index (χ1n) is 5.63. The van der Waals surface area contributed by atoms with E-state index in [-0.39, 0.29) is 5.41 Å². The first-order valence-corrected chi connectivity index (χ1v) is 5.63. The van der Waals surface area contributed by atoms with E-state index in [1.807, 2.05) is 12.4 Å². The molecule has 0 bridgehead atoms. The summed E-state index contributed by atoms with van der Waals surface area (Å²) in [6.45, 7) is 6.79. The van der Waals surface area contributed by atoms with E-state index in [4.69, 9.17) is 0 Å². The summed E-state index contributed by atoms with van der Waals surface area (Å²) in [6, 6.07) is 4.34. The van der Waals surface area contributed by atoms with E-state index >= 15 is 0 Å². The molecule has 0 aromatic carbocycles. The van der Waals surface area contributed by atoms with Gasteiger partial charge in [0.05, 0.1) is 0 Å². The van der Waals surface area contributed by atoms with Crippen molar-refractivity contribution in [2.24, 2.45) is 0 Å².